The molecule has 216 valence electrons. The normalized spacial score (nSPS) is 15.9. The van der Waals surface area contributed by atoms with Gasteiger partial charge in [-0.2, -0.15) is 0 Å². The highest BCUT2D eigenvalue weighted by atomic mass is 16.4. The van der Waals surface area contributed by atoms with Gasteiger partial charge in [0.1, 0.15) is 0 Å². The third kappa shape index (κ3) is 19.6. The van der Waals surface area contributed by atoms with Crippen LogP contribution in [0.4, 0.5) is 0 Å². The van der Waals surface area contributed by atoms with E-state index in [1.807, 2.05) is 12.2 Å². The summed E-state index contributed by atoms with van der Waals surface area (Å²) in [4.78, 5) is 35.4. The third-order valence-electron chi connectivity index (χ3n) is 6.68. The highest BCUT2D eigenvalue weighted by molar-refractivity contribution is 5.84. The number of rotatable bonds is 20. The van der Waals surface area contributed by atoms with Crippen LogP contribution in [0.1, 0.15) is 96.8 Å². The zero-order valence-corrected chi connectivity index (χ0v) is 23.9. The SMILES string of the molecule is CC/C=C\C/C=C\C/C=C\C/C=C\C/C=C\C/C=C\CCC(=O)NCC(=O)NCC1(CC(=O)O)CCCCC1. The predicted octanol–water partition coefficient (Wildman–Crippen LogP) is 7.12. The molecule has 1 aliphatic rings. The minimum atomic E-state index is -0.825. The van der Waals surface area contributed by atoms with Crippen LogP contribution in [0, 0.1) is 5.41 Å². The van der Waals surface area contributed by atoms with E-state index in [4.69, 9.17) is 0 Å². The molecule has 0 aromatic heterocycles. The lowest BCUT2D eigenvalue weighted by Crippen LogP contribution is -2.44. The fourth-order valence-electron chi connectivity index (χ4n) is 4.51. The molecule has 0 heterocycles. The van der Waals surface area contributed by atoms with Crippen LogP contribution in [0.25, 0.3) is 0 Å². The van der Waals surface area contributed by atoms with Gasteiger partial charge in [-0.05, 0) is 63.2 Å². The topological polar surface area (TPSA) is 95.5 Å². The van der Waals surface area contributed by atoms with Crippen molar-refractivity contribution in [3.05, 3.63) is 72.9 Å². The van der Waals surface area contributed by atoms with Crippen molar-refractivity contribution in [2.24, 2.45) is 5.41 Å². The number of aliphatic carboxylic acids is 1. The van der Waals surface area contributed by atoms with E-state index in [2.05, 4.69) is 78.3 Å². The number of amides is 2. The van der Waals surface area contributed by atoms with Gasteiger partial charge in [-0.3, -0.25) is 14.4 Å². The van der Waals surface area contributed by atoms with Crippen LogP contribution in [0.3, 0.4) is 0 Å². The van der Waals surface area contributed by atoms with Crippen molar-refractivity contribution in [1.82, 2.24) is 10.6 Å². The summed E-state index contributed by atoms with van der Waals surface area (Å²) in [6.07, 6.45) is 37.3. The van der Waals surface area contributed by atoms with Crippen molar-refractivity contribution in [2.75, 3.05) is 13.1 Å². The quantitative estimate of drug-likeness (QED) is 0.144. The number of carbonyl (C=O) groups excluding carboxylic acids is 2. The van der Waals surface area contributed by atoms with Gasteiger partial charge in [-0.25, -0.2) is 0 Å². The summed E-state index contributed by atoms with van der Waals surface area (Å²) in [5.74, 6) is -1.26. The molecule has 39 heavy (non-hydrogen) atoms. The average Bonchev–Trinajstić information content (AvgIpc) is 2.92. The molecule has 0 bridgehead atoms. The lowest BCUT2D eigenvalue weighted by molar-refractivity contribution is -0.140. The van der Waals surface area contributed by atoms with Gasteiger partial charge in [0.05, 0.1) is 13.0 Å². The number of carbonyl (C=O) groups is 3. The van der Waals surface area contributed by atoms with E-state index in [0.717, 1.165) is 70.6 Å². The van der Waals surface area contributed by atoms with E-state index in [1.54, 1.807) is 0 Å². The van der Waals surface area contributed by atoms with Gasteiger partial charge in [-0.15, -0.1) is 0 Å². The van der Waals surface area contributed by atoms with E-state index in [9.17, 15) is 19.5 Å². The Labute approximate surface area is 236 Å². The Morgan fingerprint density at radius 1 is 0.667 bits per heavy atom. The molecule has 1 saturated carbocycles. The first-order chi connectivity index (χ1) is 19.0. The van der Waals surface area contributed by atoms with Crippen molar-refractivity contribution < 1.29 is 19.5 Å². The monoisotopic (exact) mass is 538 g/mol. The van der Waals surface area contributed by atoms with Crippen molar-refractivity contribution in [3.63, 3.8) is 0 Å². The van der Waals surface area contributed by atoms with Gasteiger partial charge in [0.25, 0.3) is 0 Å². The van der Waals surface area contributed by atoms with Crippen LogP contribution in [-0.2, 0) is 14.4 Å². The maximum absolute atomic E-state index is 12.2. The van der Waals surface area contributed by atoms with Gasteiger partial charge in [0, 0.05) is 13.0 Å². The lowest BCUT2D eigenvalue weighted by atomic mass is 9.71. The average molecular weight is 539 g/mol. The zero-order valence-electron chi connectivity index (χ0n) is 23.9. The molecule has 1 aliphatic carbocycles. The first-order valence-corrected chi connectivity index (χ1v) is 14.6. The molecular weight excluding hydrogens is 488 g/mol. The summed E-state index contributed by atoms with van der Waals surface area (Å²) in [5.41, 5.74) is -0.361. The summed E-state index contributed by atoms with van der Waals surface area (Å²) in [5, 5.41) is 14.7. The minimum absolute atomic E-state index is 0.0750. The summed E-state index contributed by atoms with van der Waals surface area (Å²) in [6, 6.07) is 0. The summed E-state index contributed by atoms with van der Waals surface area (Å²) in [6.45, 7) is 2.42. The van der Waals surface area contributed by atoms with E-state index in [0.29, 0.717) is 19.4 Å². The van der Waals surface area contributed by atoms with Gasteiger partial charge in [0.15, 0.2) is 0 Å². The number of nitrogens with one attached hydrogen (secondary N) is 2. The molecule has 0 unspecified atom stereocenters. The van der Waals surface area contributed by atoms with Gasteiger partial charge >= 0.3 is 5.97 Å². The van der Waals surface area contributed by atoms with Crippen molar-refractivity contribution in [2.45, 2.75) is 96.8 Å². The van der Waals surface area contributed by atoms with Crippen molar-refractivity contribution >= 4 is 17.8 Å². The highest BCUT2D eigenvalue weighted by Gasteiger charge is 2.34. The maximum Gasteiger partial charge on any atom is 0.303 e. The fourth-order valence-corrected chi connectivity index (χ4v) is 4.51. The second-order valence-electron chi connectivity index (χ2n) is 10.1. The summed E-state index contributed by atoms with van der Waals surface area (Å²) >= 11 is 0. The number of hydrogen-bond donors (Lipinski definition) is 3. The largest absolute Gasteiger partial charge is 0.481 e. The van der Waals surface area contributed by atoms with E-state index in [-0.39, 0.29) is 30.2 Å². The van der Waals surface area contributed by atoms with Crippen molar-refractivity contribution in [1.29, 1.82) is 0 Å². The van der Waals surface area contributed by atoms with Crippen LogP contribution < -0.4 is 10.6 Å². The molecule has 0 aliphatic heterocycles. The highest BCUT2D eigenvalue weighted by Crippen LogP contribution is 2.38. The predicted molar refractivity (Wildman–Crippen MR) is 161 cm³/mol. The minimum Gasteiger partial charge on any atom is -0.481 e. The first-order valence-electron chi connectivity index (χ1n) is 14.6. The van der Waals surface area contributed by atoms with E-state index < -0.39 is 5.97 Å². The number of allylic oxidation sites excluding steroid dienone is 12. The molecule has 0 spiro atoms. The second-order valence-corrected chi connectivity index (χ2v) is 10.1. The Hall–Kier alpha value is -3.15. The van der Waals surface area contributed by atoms with Crippen LogP contribution in [0.2, 0.25) is 0 Å². The molecule has 0 aromatic carbocycles. The van der Waals surface area contributed by atoms with Crippen LogP contribution >= 0.6 is 0 Å². The first kappa shape index (κ1) is 33.9. The summed E-state index contributed by atoms with van der Waals surface area (Å²) < 4.78 is 0. The Morgan fingerprint density at radius 3 is 1.64 bits per heavy atom. The lowest BCUT2D eigenvalue weighted by Gasteiger charge is -2.36. The van der Waals surface area contributed by atoms with Gasteiger partial charge in [0.2, 0.25) is 11.8 Å². The van der Waals surface area contributed by atoms with Crippen LogP contribution in [0.5, 0.6) is 0 Å². The molecule has 0 atom stereocenters. The Kier molecular flexibility index (Phi) is 19.8. The molecule has 3 N–H and O–H groups in total. The molecule has 1 rings (SSSR count). The molecule has 0 aromatic rings. The Morgan fingerprint density at radius 2 is 1.15 bits per heavy atom. The number of carboxylic acid groups (broad SMARTS) is 1. The molecular formula is C33H50N2O4. The number of carboxylic acids is 1. The molecule has 6 nitrogen and oxygen atoms in total. The Balaban J connectivity index is 2.07. The second kappa shape index (κ2) is 22.8. The van der Waals surface area contributed by atoms with Crippen LogP contribution in [-0.4, -0.2) is 36.0 Å². The molecule has 1 fully saturated rings. The van der Waals surface area contributed by atoms with Gasteiger partial charge < -0.3 is 15.7 Å². The van der Waals surface area contributed by atoms with E-state index >= 15 is 0 Å². The fraction of sp³-hybridized carbons (Fsp3) is 0.545. The van der Waals surface area contributed by atoms with Crippen molar-refractivity contribution in [3.8, 4) is 0 Å². The standard InChI is InChI=1S/C33H50N2O4/c1-2-3-4-5-6-7-8-9-10-11-12-13-14-15-16-17-18-19-21-24-30(36)34-28-31(37)35-29-33(27-32(38)39)25-22-20-23-26-33/h3-4,6-7,9-10,12-13,15-16,18-19H,2,5,8,11,14,17,20-29H2,1H3,(H,34,36)(H,35,37)(H,38,39)/b4-3-,7-6-,10-9-,13-12-,16-15-,19-18-. The van der Waals surface area contributed by atoms with Gasteiger partial charge in [-0.1, -0.05) is 99.1 Å². The molecule has 6 heteroatoms. The Bertz CT molecular complexity index is 874. The molecule has 0 saturated heterocycles. The van der Waals surface area contributed by atoms with Crippen LogP contribution in [0.15, 0.2) is 72.9 Å². The maximum atomic E-state index is 12.2. The molecule has 2 amide bonds. The number of hydrogen-bond acceptors (Lipinski definition) is 3. The third-order valence-corrected chi connectivity index (χ3v) is 6.68. The van der Waals surface area contributed by atoms with E-state index in [1.165, 1.54) is 0 Å². The smallest absolute Gasteiger partial charge is 0.303 e. The zero-order chi connectivity index (χ0) is 28.4. The molecule has 0 radical (unpaired) electrons. The summed E-state index contributed by atoms with van der Waals surface area (Å²) in [7, 11) is 0.